The van der Waals surface area contributed by atoms with E-state index in [4.69, 9.17) is 16.3 Å². The lowest BCUT2D eigenvalue weighted by Gasteiger charge is -2.33. The van der Waals surface area contributed by atoms with Gasteiger partial charge in [0.05, 0.1) is 17.2 Å². The molecule has 8 nitrogen and oxygen atoms in total. The predicted octanol–water partition coefficient (Wildman–Crippen LogP) is 5.27. The van der Waals surface area contributed by atoms with E-state index in [1.165, 1.54) is 17.0 Å². The second kappa shape index (κ2) is 14.2. The van der Waals surface area contributed by atoms with Crippen LogP contribution in [0.2, 0.25) is 5.02 Å². The fourth-order valence-electron chi connectivity index (χ4n) is 4.01. The molecule has 214 valence electrons. The Morgan fingerprint density at radius 3 is 2.17 bits per heavy atom. The Labute approximate surface area is 241 Å². The van der Waals surface area contributed by atoms with E-state index in [9.17, 15) is 18.0 Å². The van der Waals surface area contributed by atoms with Gasteiger partial charge in [-0.2, -0.15) is 0 Å². The number of carbonyl (C=O) groups is 2. The van der Waals surface area contributed by atoms with Crippen molar-refractivity contribution in [1.82, 2.24) is 10.2 Å². The van der Waals surface area contributed by atoms with Crippen LogP contribution in [0.5, 0.6) is 5.75 Å². The average molecular weight is 586 g/mol. The number of nitrogens with one attached hydrogen (secondary N) is 1. The average Bonchev–Trinajstić information content (AvgIpc) is 2.96. The SMILES string of the molecule is CCOc1ccccc1N(CC(=O)N(Cc1ccc(Cl)cc1)[C@H](C)C(=O)N[C@@H](C)CC)S(=O)(=O)c1ccccc1. The fraction of sp³-hybridized carbons (Fsp3) is 0.333. The van der Waals surface area contributed by atoms with Gasteiger partial charge in [0.2, 0.25) is 11.8 Å². The summed E-state index contributed by atoms with van der Waals surface area (Å²) in [6.45, 7) is 7.11. The van der Waals surface area contributed by atoms with E-state index in [1.807, 2.05) is 13.8 Å². The summed E-state index contributed by atoms with van der Waals surface area (Å²) < 4.78 is 34.7. The van der Waals surface area contributed by atoms with E-state index in [-0.39, 0.29) is 29.1 Å². The molecular formula is C30H36ClN3O5S. The third-order valence-electron chi connectivity index (χ3n) is 6.48. The van der Waals surface area contributed by atoms with Gasteiger partial charge in [0.1, 0.15) is 18.3 Å². The lowest BCUT2D eigenvalue weighted by molar-refractivity contribution is -0.139. The molecule has 40 heavy (non-hydrogen) atoms. The molecule has 0 heterocycles. The van der Waals surface area contributed by atoms with Crippen LogP contribution in [0.25, 0.3) is 0 Å². The first-order chi connectivity index (χ1) is 19.1. The van der Waals surface area contributed by atoms with E-state index >= 15 is 0 Å². The summed E-state index contributed by atoms with van der Waals surface area (Å²) in [6.07, 6.45) is 0.723. The van der Waals surface area contributed by atoms with Gasteiger partial charge in [-0.25, -0.2) is 8.42 Å². The number of ether oxygens (including phenoxy) is 1. The van der Waals surface area contributed by atoms with E-state index < -0.39 is 28.5 Å². The maximum atomic E-state index is 14.0. The van der Waals surface area contributed by atoms with Crippen molar-refractivity contribution in [3.63, 3.8) is 0 Å². The molecule has 0 unspecified atom stereocenters. The summed E-state index contributed by atoms with van der Waals surface area (Å²) in [5.41, 5.74) is 0.970. The topological polar surface area (TPSA) is 96.0 Å². The third-order valence-corrected chi connectivity index (χ3v) is 8.50. The minimum absolute atomic E-state index is 0.0286. The van der Waals surface area contributed by atoms with Crippen LogP contribution in [0.15, 0.2) is 83.8 Å². The van der Waals surface area contributed by atoms with Crippen molar-refractivity contribution >= 4 is 39.1 Å². The summed E-state index contributed by atoms with van der Waals surface area (Å²) >= 11 is 6.05. The number of para-hydroxylation sites is 2. The molecule has 3 rings (SSSR count). The van der Waals surface area contributed by atoms with Crippen molar-refractivity contribution in [2.45, 2.75) is 57.6 Å². The molecule has 0 aliphatic rings. The van der Waals surface area contributed by atoms with Crippen LogP contribution in [0, 0.1) is 0 Å². The molecule has 2 amide bonds. The molecule has 1 N–H and O–H groups in total. The molecule has 0 saturated heterocycles. The summed E-state index contributed by atoms with van der Waals surface area (Å²) in [4.78, 5) is 28.6. The third kappa shape index (κ3) is 7.76. The largest absolute Gasteiger partial charge is 0.492 e. The van der Waals surface area contributed by atoms with E-state index in [0.717, 1.165) is 16.3 Å². The van der Waals surface area contributed by atoms with Crippen LogP contribution in [-0.2, 0) is 26.2 Å². The molecule has 0 saturated carbocycles. The minimum Gasteiger partial charge on any atom is -0.492 e. The maximum Gasteiger partial charge on any atom is 0.264 e. The Hall–Kier alpha value is -3.56. The quantitative estimate of drug-likeness (QED) is 0.295. The van der Waals surface area contributed by atoms with E-state index in [2.05, 4.69) is 5.32 Å². The molecule has 2 atom stereocenters. The zero-order valence-electron chi connectivity index (χ0n) is 23.2. The Balaban J connectivity index is 2.06. The van der Waals surface area contributed by atoms with E-state index in [0.29, 0.717) is 17.4 Å². The Morgan fingerprint density at radius 1 is 0.925 bits per heavy atom. The minimum atomic E-state index is -4.18. The second-order valence-electron chi connectivity index (χ2n) is 9.37. The number of anilines is 1. The number of amides is 2. The Bertz CT molecular complexity index is 1380. The number of rotatable bonds is 13. The number of hydrogen-bond donors (Lipinski definition) is 1. The first-order valence-corrected chi connectivity index (χ1v) is 15.0. The highest BCUT2D eigenvalue weighted by molar-refractivity contribution is 7.92. The van der Waals surface area contributed by atoms with Gasteiger partial charge in [0.15, 0.2) is 0 Å². The van der Waals surface area contributed by atoms with Crippen molar-refractivity contribution in [2.75, 3.05) is 17.5 Å². The summed E-state index contributed by atoms with van der Waals surface area (Å²) in [5, 5.41) is 3.46. The standard InChI is InChI=1S/C30H36ClN3O5S/c1-5-22(3)32-30(36)23(4)33(20-24-16-18-25(31)19-17-24)29(35)21-34(27-14-10-11-15-28(27)39-6-2)40(37,38)26-12-8-7-9-13-26/h7-19,22-23H,5-6,20-21H2,1-4H3,(H,32,36)/t22-,23+/m0/s1. The fourth-order valence-corrected chi connectivity index (χ4v) is 5.58. The second-order valence-corrected chi connectivity index (χ2v) is 11.7. The highest BCUT2D eigenvalue weighted by atomic mass is 35.5. The van der Waals surface area contributed by atoms with Crippen LogP contribution in [-0.4, -0.2) is 50.4 Å². The van der Waals surface area contributed by atoms with Crippen LogP contribution >= 0.6 is 11.6 Å². The maximum absolute atomic E-state index is 14.0. The molecule has 0 radical (unpaired) electrons. The smallest absolute Gasteiger partial charge is 0.264 e. The van der Waals surface area contributed by atoms with Gasteiger partial charge in [-0.1, -0.05) is 61.0 Å². The normalized spacial score (nSPS) is 12.7. The molecule has 0 aliphatic heterocycles. The lowest BCUT2D eigenvalue weighted by Crippen LogP contribution is -2.52. The molecule has 10 heteroatoms. The van der Waals surface area contributed by atoms with Crippen LogP contribution in [0.3, 0.4) is 0 Å². The summed E-state index contributed by atoms with van der Waals surface area (Å²) in [7, 11) is -4.18. The van der Waals surface area contributed by atoms with Gasteiger partial charge in [-0.3, -0.25) is 13.9 Å². The number of hydrogen-bond acceptors (Lipinski definition) is 5. The van der Waals surface area contributed by atoms with Gasteiger partial charge in [-0.15, -0.1) is 0 Å². The molecule has 0 bridgehead atoms. The van der Waals surface area contributed by atoms with Crippen LogP contribution in [0.4, 0.5) is 5.69 Å². The zero-order valence-corrected chi connectivity index (χ0v) is 24.8. The summed E-state index contributed by atoms with van der Waals surface area (Å²) in [5.74, 6) is -0.555. The monoisotopic (exact) mass is 585 g/mol. The van der Waals surface area contributed by atoms with Gasteiger partial charge >= 0.3 is 0 Å². The predicted molar refractivity (Wildman–Crippen MR) is 158 cm³/mol. The molecule has 0 fully saturated rings. The molecule has 3 aromatic rings. The molecule has 0 aliphatic carbocycles. The Morgan fingerprint density at radius 2 is 1.55 bits per heavy atom. The lowest BCUT2D eigenvalue weighted by atomic mass is 10.1. The molecule has 0 spiro atoms. The Kier molecular flexibility index (Phi) is 11.0. The first kappa shape index (κ1) is 31.0. The highest BCUT2D eigenvalue weighted by Gasteiger charge is 2.34. The summed E-state index contributed by atoms with van der Waals surface area (Å²) in [6, 6.07) is 20.6. The highest BCUT2D eigenvalue weighted by Crippen LogP contribution is 2.33. The number of benzene rings is 3. The number of sulfonamides is 1. The van der Waals surface area contributed by atoms with Crippen LogP contribution < -0.4 is 14.4 Å². The van der Waals surface area contributed by atoms with Gasteiger partial charge < -0.3 is 15.0 Å². The van der Waals surface area contributed by atoms with Gasteiger partial charge in [0.25, 0.3) is 10.0 Å². The van der Waals surface area contributed by atoms with Crippen molar-refractivity contribution in [1.29, 1.82) is 0 Å². The molecular weight excluding hydrogens is 550 g/mol. The zero-order chi connectivity index (χ0) is 29.3. The molecule has 3 aromatic carbocycles. The van der Waals surface area contributed by atoms with Gasteiger partial charge in [0, 0.05) is 17.6 Å². The number of nitrogens with zero attached hydrogens (tertiary/aromatic N) is 2. The van der Waals surface area contributed by atoms with Crippen molar-refractivity contribution in [3.05, 3.63) is 89.4 Å². The van der Waals surface area contributed by atoms with Crippen molar-refractivity contribution < 1.29 is 22.7 Å². The van der Waals surface area contributed by atoms with Crippen molar-refractivity contribution in [3.8, 4) is 5.75 Å². The number of halogens is 1. The van der Waals surface area contributed by atoms with Gasteiger partial charge in [-0.05, 0) is 69.2 Å². The molecule has 0 aromatic heterocycles. The first-order valence-electron chi connectivity index (χ1n) is 13.2. The number of carbonyl (C=O) groups excluding carboxylic acids is 2. The van der Waals surface area contributed by atoms with E-state index in [1.54, 1.807) is 80.6 Å². The van der Waals surface area contributed by atoms with Crippen LogP contribution in [0.1, 0.15) is 39.7 Å². The van der Waals surface area contributed by atoms with Crippen molar-refractivity contribution in [2.24, 2.45) is 0 Å².